The van der Waals surface area contributed by atoms with Crippen LogP contribution in [0, 0.1) is 10.1 Å². The fourth-order valence-electron chi connectivity index (χ4n) is 4.13. The highest BCUT2D eigenvalue weighted by molar-refractivity contribution is 6.03. The summed E-state index contributed by atoms with van der Waals surface area (Å²) in [4.78, 5) is 19.2. The average molecular weight is 522 g/mol. The first-order valence-electron chi connectivity index (χ1n) is 11.8. The lowest BCUT2D eigenvalue weighted by atomic mass is 10.0. The van der Waals surface area contributed by atoms with Gasteiger partial charge < -0.3 is 9.47 Å². The van der Waals surface area contributed by atoms with Gasteiger partial charge in [-0.05, 0) is 33.7 Å². The molecule has 0 saturated carbocycles. The third-order valence-corrected chi connectivity index (χ3v) is 5.99. The van der Waals surface area contributed by atoms with Crippen molar-refractivity contribution < 1.29 is 14.4 Å². The molecule has 0 aliphatic carbocycles. The van der Waals surface area contributed by atoms with Crippen LogP contribution in [0.5, 0.6) is 11.5 Å². The fourth-order valence-corrected chi connectivity index (χ4v) is 4.13. The van der Waals surface area contributed by atoms with Crippen molar-refractivity contribution in [3.63, 3.8) is 0 Å². The summed E-state index contributed by atoms with van der Waals surface area (Å²) < 4.78 is 11.0. The third-order valence-electron chi connectivity index (χ3n) is 5.99. The second kappa shape index (κ2) is 11.2. The number of rotatable bonds is 9. The molecular formula is C28H23N7O4. The van der Waals surface area contributed by atoms with Crippen LogP contribution < -0.4 is 20.3 Å². The molecule has 4 aromatic carbocycles. The Kier molecular flexibility index (Phi) is 7.21. The van der Waals surface area contributed by atoms with E-state index in [2.05, 4.69) is 31.0 Å². The molecule has 0 aliphatic rings. The first-order valence-corrected chi connectivity index (χ1v) is 11.8. The zero-order chi connectivity index (χ0) is 27.2. The number of nitrogens with one attached hydrogen (secondary N) is 2. The minimum absolute atomic E-state index is 0.0384. The lowest BCUT2D eigenvalue weighted by Crippen LogP contribution is -2.05. The summed E-state index contributed by atoms with van der Waals surface area (Å²) in [5, 5.41) is 23.9. The van der Waals surface area contributed by atoms with Gasteiger partial charge in [0.1, 0.15) is 17.7 Å². The zero-order valence-electron chi connectivity index (χ0n) is 21.0. The Morgan fingerprint density at radius 2 is 1.33 bits per heavy atom. The fraction of sp³-hybridized carbons (Fsp3) is 0.0714. The number of benzene rings is 4. The number of anilines is 2. The molecule has 0 amide bonds. The number of hydrogen-bond donors (Lipinski definition) is 2. The summed E-state index contributed by atoms with van der Waals surface area (Å²) in [6.45, 7) is 0. The maximum absolute atomic E-state index is 11.6. The van der Waals surface area contributed by atoms with E-state index >= 15 is 0 Å². The number of ether oxygens (including phenoxy) is 2. The predicted octanol–water partition coefficient (Wildman–Crippen LogP) is 5.60. The lowest BCUT2D eigenvalue weighted by molar-refractivity contribution is -0.384. The van der Waals surface area contributed by atoms with Gasteiger partial charge >= 0.3 is 5.69 Å². The van der Waals surface area contributed by atoms with E-state index in [1.54, 1.807) is 20.4 Å². The number of aromatic nitrogens is 2. The molecule has 0 aliphatic heterocycles. The van der Waals surface area contributed by atoms with Gasteiger partial charge in [-0.1, -0.05) is 60.7 Å². The molecular weight excluding hydrogens is 498 g/mol. The van der Waals surface area contributed by atoms with Crippen LogP contribution in [-0.2, 0) is 0 Å². The molecule has 2 N–H and O–H groups in total. The van der Waals surface area contributed by atoms with Crippen LogP contribution in [-0.4, -0.2) is 41.5 Å². The maximum atomic E-state index is 11.6. The molecule has 1 heterocycles. The van der Waals surface area contributed by atoms with Crippen molar-refractivity contribution in [1.29, 1.82) is 0 Å². The quantitative estimate of drug-likeness (QED) is 0.145. The summed E-state index contributed by atoms with van der Waals surface area (Å²) in [7, 11) is 3.15. The molecule has 0 bridgehead atoms. The second-order valence-electron chi connectivity index (χ2n) is 8.23. The van der Waals surface area contributed by atoms with Crippen molar-refractivity contribution in [2.75, 3.05) is 25.1 Å². The Morgan fingerprint density at radius 1 is 0.795 bits per heavy atom. The van der Waals surface area contributed by atoms with Crippen LogP contribution in [0.1, 0.15) is 11.1 Å². The highest BCUT2D eigenvalue weighted by atomic mass is 16.6. The van der Waals surface area contributed by atoms with Gasteiger partial charge in [-0.3, -0.25) is 15.5 Å². The van der Waals surface area contributed by atoms with Crippen molar-refractivity contribution in [1.82, 2.24) is 9.97 Å². The molecule has 194 valence electrons. The van der Waals surface area contributed by atoms with Gasteiger partial charge in [0.05, 0.1) is 31.6 Å². The van der Waals surface area contributed by atoms with Crippen molar-refractivity contribution in [2.45, 2.75) is 0 Å². The Bertz CT molecular complexity index is 1740. The van der Waals surface area contributed by atoms with Gasteiger partial charge in [-0.15, -0.1) is 0 Å². The molecule has 0 atom stereocenters. The number of methoxy groups -OCH3 is 2. The van der Waals surface area contributed by atoms with E-state index in [9.17, 15) is 10.1 Å². The van der Waals surface area contributed by atoms with E-state index in [1.165, 1.54) is 6.21 Å². The topological polar surface area (TPSA) is 136 Å². The summed E-state index contributed by atoms with van der Waals surface area (Å²) in [6.07, 6.45) is 4.20. The minimum atomic E-state index is -0.593. The predicted molar refractivity (Wildman–Crippen MR) is 152 cm³/mol. The van der Waals surface area contributed by atoms with Crippen molar-refractivity contribution in [3.8, 4) is 11.5 Å². The molecule has 0 fully saturated rings. The molecule has 0 saturated heterocycles. The Balaban J connectivity index is 1.41. The molecule has 5 rings (SSSR count). The van der Waals surface area contributed by atoms with E-state index in [0.29, 0.717) is 17.1 Å². The van der Waals surface area contributed by atoms with Crippen LogP contribution >= 0.6 is 0 Å². The molecule has 0 spiro atoms. The molecule has 1 aromatic heterocycles. The summed E-state index contributed by atoms with van der Waals surface area (Å²) in [6, 6.07) is 23.2. The van der Waals surface area contributed by atoms with E-state index in [0.717, 1.165) is 33.3 Å². The van der Waals surface area contributed by atoms with Gasteiger partial charge in [-0.25, -0.2) is 10.4 Å². The van der Waals surface area contributed by atoms with E-state index < -0.39 is 4.92 Å². The summed E-state index contributed by atoms with van der Waals surface area (Å²) >= 11 is 0. The van der Waals surface area contributed by atoms with E-state index in [-0.39, 0.29) is 17.5 Å². The molecule has 39 heavy (non-hydrogen) atoms. The number of nitro groups is 1. The highest BCUT2D eigenvalue weighted by Crippen LogP contribution is 2.28. The molecule has 11 heteroatoms. The van der Waals surface area contributed by atoms with Crippen LogP contribution in [0.3, 0.4) is 0 Å². The van der Waals surface area contributed by atoms with Gasteiger partial charge in [0.15, 0.2) is 0 Å². The molecule has 0 radical (unpaired) electrons. The third kappa shape index (κ3) is 5.27. The summed E-state index contributed by atoms with van der Waals surface area (Å²) in [5.74, 6) is 1.18. The van der Waals surface area contributed by atoms with Crippen molar-refractivity contribution >= 4 is 51.4 Å². The minimum Gasteiger partial charge on any atom is -0.496 e. The van der Waals surface area contributed by atoms with E-state index in [1.807, 2.05) is 72.8 Å². The maximum Gasteiger partial charge on any atom is 0.331 e. The highest BCUT2D eigenvalue weighted by Gasteiger charge is 2.17. The number of hydrazone groups is 2. The zero-order valence-corrected chi connectivity index (χ0v) is 21.0. The largest absolute Gasteiger partial charge is 0.496 e. The first kappa shape index (κ1) is 25.1. The van der Waals surface area contributed by atoms with E-state index in [4.69, 9.17) is 9.47 Å². The van der Waals surface area contributed by atoms with Crippen LogP contribution in [0.25, 0.3) is 21.5 Å². The smallest absolute Gasteiger partial charge is 0.331 e. The molecule has 5 aromatic rings. The SMILES string of the molecule is COc1ccc2ccccc2c1C=NNc1ncc([N+](=O)[O-])c(NN=Cc2c(OC)ccc3ccccc23)n1. The first-order chi connectivity index (χ1) is 19.1. The standard InChI is InChI=1S/C28H23N7O4/c1-38-25-13-11-18-7-3-5-9-20(18)22(25)15-30-33-27-24(35(36)37)17-29-28(32-27)34-31-16-23-21-10-6-4-8-19(21)12-14-26(23)39-2/h3-17H,1-2H3,(H2,29,32,33,34). The number of fused-ring (bicyclic) bond motifs is 2. The van der Waals surface area contributed by atoms with Gasteiger partial charge in [0.25, 0.3) is 0 Å². The van der Waals surface area contributed by atoms with Gasteiger partial charge in [0, 0.05) is 11.1 Å². The van der Waals surface area contributed by atoms with Crippen LogP contribution in [0.2, 0.25) is 0 Å². The Hall–Kier alpha value is -5.58. The number of hydrogen-bond acceptors (Lipinski definition) is 10. The normalized spacial score (nSPS) is 11.3. The Morgan fingerprint density at radius 3 is 1.87 bits per heavy atom. The molecule has 11 nitrogen and oxygen atoms in total. The molecule has 0 unspecified atom stereocenters. The number of nitrogens with zero attached hydrogens (tertiary/aromatic N) is 5. The van der Waals surface area contributed by atoms with Crippen LogP contribution in [0.15, 0.2) is 89.2 Å². The average Bonchev–Trinajstić information content (AvgIpc) is 2.97. The second-order valence-corrected chi connectivity index (χ2v) is 8.23. The van der Waals surface area contributed by atoms with Crippen molar-refractivity contribution in [3.05, 3.63) is 100 Å². The summed E-state index contributed by atoms with van der Waals surface area (Å²) in [5.41, 5.74) is 6.51. The lowest BCUT2D eigenvalue weighted by Gasteiger charge is -2.09. The Labute approximate surface area is 223 Å². The van der Waals surface area contributed by atoms with Crippen molar-refractivity contribution in [2.24, 2.45) is 10.2 Å². The van der Waals surface area contributed by atoms with Gasteiger partial charge in [0.2, 0.25) is 11.8 Å². The monoisotopic (exact) mass is 521 g/mol. The van der Waals surface area contributed by atoms with Crippen LogP contribution in [0.4, 0.5) is 17.5 Å². The van der Waals surface area contributed by atoms with Gasteiger partial charge in [-0.2, -0.15) is 15.2 Å².